The minimum absolute atomic E-state index is 0.0735. The Labute approximate surface area is 200 Å². The molecule has 2 aromatic carbocycles. The third-order valence-electron chi connectivity index (χ3n) is 6.21. The van der Waals surface area contributed by atoms with E-state index in [1.54, 1.807) is 31.3 Å². The maximum absolute atomic E-state index is 13.1. The lowest BCUT2D eigenvalue weighted by Crippen LogP contribution is -2.50. The second-order valence-corrected chi connectivity index (χ2v) is 8.51. The van der Waals surface area contributed by atoms with Crippen molar-refractivity contribution in [1.82, 2.24) is 19.4 Å². The Morgan fingerprint density at radius 2 is 1.79 bits per heavy atom. The first-order valence-electron chi connectivity index (χ1n) is 10.9. The normalized spacial score (nSPS) is 14.1. The van der Waals surface area contributed by atoms with Crippen LogP contribution in [-0.2, 0) is 11.3 Å². The van der Waals surface area contributed by atoms with Crippen LogP contribution >= 0.6 is 11.6 Å². The van der Waals surface area contributed by atoms with E-state index in [1.165, 1.54) is 10.9 Å². The molecule has 1 aliphatic rings. The van der Waals surface area contributed by atoms with Crippen LogP contribution < -0.4 is 19.9 Å². The van der Waals surface area contributed by atoms with Gasteiger partial charge in [0.2, 0.25) is 5.91 Å². The molecule has 0 unspecified atom stereocenters. The van der Waals surface area contributed by atoms with Crippen molar-refractivity contribution < 1.29 is 14.3 Å². The number of aromatic nitrogens is 3. The van der Waals surface area contributed by atoms with Gasteiger partial charge in [0.05, 0.1) is 36.8 Å². The molecule has 34 heavy (non-hydrogen) atoms. The average molecular weight is 482 g/mol. The number of ether oxygens (including phenoxy) is 2. The number of fused-ring (bicyclic) bond motifs is 3. The van der Waals surface area contributed by atoms with Gasteiger partial charge in [0, 0.05) is 37.6 Å². The van der Waals surface area contributed by atoms with Gasteiger partial charge in [-0.05, 0) is 18.2 Å². The van der Waals surface area contributed by atoms with E-state index in [1.807, 2.05) is 24.3 Å². The summed E-state index contributed by atoms with van der Waals surface area (Å²) >= 11 is 6.31. The number of piperazine rings is 1. The molecule has 4 aromatic rings. The van der Waals surface area contributed by atoms with Crippen molar-refractivity contribution >= 4 is 45.1 Å². The van der Waals surface area contributed by atoms with E-state index in [0.29, 0.717) is 59.3 Å². The van der Waals surface area contributed by atoms with Gasteiger partial charge in [0.25, 0.3) is 5.56 Å². The van der Waals surface area contributed by atoms with E-state index in [2.05, 4.69) is 14.9 Å². The van der Waals surface area contributed by atoms with Gasteiger partial charge in [-0.25, -0.2) is 4.98 Å². The number of halogens is 1. The molecule has 5 rings (SSSR count). The molecule has 0 aliphatic carbocycles. The highest BCUT2D eigenvalue weighted by Crippen LogP contribution is 2.34. The predicted molar refractivity (Wildman–Crippen MR) is 131 cm³/mol. The molecule has 0 radical (unpaired) electrons. The molecule has 3 heterocycles. The van der Waals surface area contributed by atoms with Crippen LogP contribution in [0.15, 0.2) is 47.5 Å². The molecule has 176 valence electrons. The zero-order valence-electron chi connectivity index (χ0n) is 18.9. The number of hydrogen-bond donors (Lipinski definition) is 1. The Bertz CT molecular complexity index is 1440. The molecule has 1 aliphatic heterocycles. The number of para-hydroxylation sites is 1. The molecule has 0 spiro atoms. The summed E-state index contributed by atoms with van der Waals surface area (Å²) in [5, 5.41) is 1.45. The van der Waals surface area contributed by atoms with E-state index >= 15 is 0 Å². The summed E-state index contributed by atoms with van der Waals surface area (Å²) in [4.78, 5) is 37.6. The molecular formula is C24H24ClN5O4. The summed E-state index contributed by atoms with van der Waals surface area (Å²) in [5.41, 5.74) is 2.23. The number of aromatic amines is 1. The number of H-pyrrole nitrogens is 1. The fraction of sp³-hybridized carbons (Fsp3) is 0.292. The Morgan fingerprint density at radius 3 is 2.50 bits per heavy atom. The number of nitrogens with zero attached hydrogens (tertiary/aromatic N) is 4. The lowest BCUT2D eigenvalue weighted by molar-refractivity contribution is -0.132. The number of hydrogen-bond acceptors (Lipinski definition) is 6. The van der Waals surface area contributed by atoms with Gasteiger partial charge in [0.15, 0.2) is 11.5 Å². The molecule has 1 saturated heterocycles. The highest BCUT2D eigenvalue weighted by molar-refractivity contribution is 6.33. The lowest BCUT2D eigenvalue weighted by atomic mass is 10.2. The minimum Gasteiger partial charge on any atom is -0.493 e. The highest BCUT2D eigenvalue weighted by Gasteiger charge is 2.23. The summed E-state index contributed by atoms with van der Waals surface area (Å²) in [6, 6.07) is 11.2. The summed E-state index contributed by atoms with van der Waals surface area (Å²) in [6.07, 6.45) is 1.42. The first-order valence-corrected chi connectivity index (χ1v) is 11.3. The third-order valence-corrected chi connectivity index (χ3v) is 6.53. The highest BCUT2D eigenvalue weighted by atomic mass is 35.5. The number of methoxy groups -OCH3 is 2. The first-order chi connectivity index (χ1) is 16.5. The molecule has 0 atom stereocenters. The summed E-state index contributed by atoms with van der Waals surface area (Å²) in [6.45, 7) is 2.39. The summed E-state index contributed by atoms with van der Waals surface area (Å²) < 4.78 is 12.1. The molecule has 2 aromatic heterocycles. The van der Waals surface area contributed by atoms with Crippen LogP contribution in [-0.4, -0.2) is 65.7 Å². The SMILES string of the molecule is COc1cc2[nH]c3c(=O)n(CC(=O)N4CCN(c5ccccc5Cl)CC4)cnc3c2cc1OC. The second-order valence-electron chi connectivity index (χ2n) is 8.10. The van der Waals surface area contributed by atoms with E-state index in [4.69, 9.17) is 21.1 Å². The van der Waals surface area contributed by atoms with Gasteiger partial charge in [-0.3, -0.25) is 14.2 Å². The van der Waals surface area contributed by atoms with Crippen LogP contribution in [0.2, 0.25) is 5.02 Å². The number of benzene rings is 2. The monoisotopic (exact) mass is 481 g/mol. The van der Waals surface area contributed by atoms with E-state index in [-0.39, 0.29) is 18.0 Å². The lowest BCUT2D eigenvalue weighted by Gasteiger charge is -2.36. The van der Waals surface area contributed by atoms with Crippen molar-refractivity contribution in [2.45, 2.75) is 6.54 Å². The quantitative estimate of drug-likeness (QED) is 0.471. The number of carbonyl (C=O) groups excluding carboxylic acids is 1. The molecule has 1 fully saturated rings. The van der Waals surface area contributed by atoms with Gasteiger partial charge in [-0.15, -0.1) is 0 Å². The maximum Gasteiger partial charge on any atom is 0.278 e. The number of carbonyl (C=O) groups is 1. The van der Waals surface area contributed by atoms with Crippen molar-refractivity contribution in [2.75, 3.05) is 45.3 Å². The van der Waals surface area contributed by atoms with Crippen LogP contribution in [0.5, 0.6) is 11.5 Å². The van der Waals surface area contributed by atoms with Gasteiger partial charge >= 0.3 is 0 Å². The summed E-state index contributed by atoms with van der Waals surface area (Å²) in [5.74, 6) is 0.975. The van der Waals surface area contributed by atoms with Crippen LogP contribution in [0.3, 0.4) is 0 Å². The molecule has 1 N–H and O–H groups in total. The van der Waals surface area contributed by atoms with Crippen molar-refractivity contribution in [3.63, 3.8) is 0 Å². The fourth-order valence-corrected chi connectivity index (χ4v) is 4.64. The van der Waals surface area contributed by atoms with Crippen LogP contribution in [0.25, 0.3) is 21.9 Å². The van der Waals surface area contributed by atoms with Crippen LogP contribution in [0, 0.1) is 0 Å². The molecule has 1 amide bonds. The second kappa shape index (κ2) is 8.90. The first kappa shape index (κ1) is 22.1. The van der Waals surface area contributed by atoms with E-state index in [9.17, 15) is 9.59 Å². The fourth-order valence-electron chi connectivity index (χ4n) is 4.38. The number of nitrogens with one attached hydrogen (secondary N) is 1. The number of amides is 1. The third kappa shape index (κ3) is 3.81. The van der Waals surface area contributed by atoms with Gasteiger partial charge in [0.1, 0.15) is 17.6 Å². The number of rotatable bonds is 5. The van der Waals surface area contributed by atoms with Crippen molar-refractivity contribution in [3.8, 4) is 11.5 Å². The van der Waals surface area contributed by atoms with Crippen LogP contribution in [0.4, 0.5) is 5.69 Å². The van der Waals surface area contributed by atoms with Crippen molar-refractivity contribution in [3.05, 3.63) is 58.1 Å². The van der Waals surface area contributed by atoms with Crippen LogP contribution in [0.1, 0.15) is 0 Å². The van der Waals surface area contributed by atoms with E-state index in [0.717, 1.165) is 11.1 Å². The topological polar surface area (TPSA) is 92.7 Å². The molecule has 10 heteroatoms. The Balaban J connectivity index is 1.35. The minimum atomic E-state index is -0.304. The average Bonchev–Trinajstić information content (AvgIpc) is 3.23. The molecule has 0 bridgehead atoms. The van der Waals surface area contributed by atoms with Crippen molar-refractivity contribution in [2.24, 2.45) is 0 Å². The maximum atomic E-state index is 13.1. The molecular weight excluding hydrogens is 458 g/mol. The van der Waals surface area contributed by atoms with Gasteiger partial charge in [-0.1, -0.05) is 23.7 Å². The Morgan fingerprint density at radius 1 is 1.09 bits per heavy atom. The van der Waals surface area contributed by atoms with E-state index < -0.39 is 0 Å². The smallest absolute Gasteiger partial charge is 0.278 e. The molecule has 0 saturated carbocycles. The predicted octanol–water partition coefficient (Wildman–Crippen LogP) is 2.90. The summed E-state index contributed by atoms with van der Waals surface area (Å²) in [7, 11) is 3.11. The van der Waals surface area contributed by atoms with Gasteiger partial charge < -0.3 is 24.3 Å². The number of anilines is 1. The Kier molecular flexibility index (Phi) is 5.79. The zero-order valence-corrected chi connectivity index (χ0v) is 19.6. The van der Waals surface area contributed by atoms with Gasteiger partial charge in [-0.2, -0.15) is 0 Å². The molecule has 9 nitrogen and oxygen atoms in total. The Hall–Kier alpha value is -3.72. The zero-order chi connectivity index (χ0) is 23.8. The standard InChI is InChI=1S/C24H24ClN5O4/c1-33-19-11-15-17(12-20(19)34-2)27-23-22(15)26-14-30(24(23)32)13-21(31)29-9-7-28(8-10-29)18-6-4-3-5-16(18)25/h3-6,11-12,14,27H,7-10,13H2,1-2H3. The largest absolute Gasteiger partial charge is 0.493 e. The van der Waals surface area contributed by atoms with Crippen molar-refractivity contribution in [1.29, 1.82) is 0 Å².